The quantitative estimate of drug-likeness (QED) is 0.806. The lowest BCUT2D eigenvalue weighted by atomic mass is 10.1. The highest BCUT2D eigenvalue weighted by molar-refractivity contribution is 6.13. The Hall–Kier alpha value is -2.90. The van der Waals surface area contributed by atoms with E-state index >= 15 is 0 Å². The normalized spacial score (nSPS) is 15.2. The Bertz CT molecular complexity index is 992. The molecule has 0 unspecified atom stereocenters. The van der Waals surface area contributed by atoms with Crippen LogP contribution in [0.15, 0.2) is 34.1 Å². The molecule has 2 aromatic rings. The number of aliphatic imine (C=N–C) groups is 1. The van der Waals surface area contributed by atoms with Crippen LogP contribution in [0.4, 0.5) is 5.95 Å². The summed E-state index contributed by atoms with van der Waals surface area (Å²) in [5, 5.41) is 4.54. The van der Waals surface area contributed by atoms with Gasteiger partial charge in [-0.1, -0.05) is 12.1 Å². The summed E-state index contributed by atoms with van der Waals surface area (Å²) >= 11 is 0. The van der Waals surface area contributed by atoms with Crippen molar-refractivity contribution < 1.29 is 4.79 Å². The molecule has 3 heterocycles. The minimum absolute atomic E-state index is 0.0574. The van der Waals surface area contributed by atoms with Crippen molar-refractivity contribution in [2.24, 2.45) is 4.99 Å². The lowest BCUT2D eigenvalue weighted by molar-refractivity contribution is -0.135. The van der Waals surface area contributed by atoms with E-state index in [1.54, 1.807) is 9.47 Å². The predicted molar refractivity (Wildman–Crippen MR) is 108 cm³/mol. The van der Waals surface area contributed by atoms with Gasteiger partial charge in [0, 0.05) is 30.7 Å². The standard InChI is InChI=1S/C20H26N6O2/c1-13(2)25(14(3)4)17(27)12-24-20(28)26-16-9-6-5-8-15(16)18-21-10-7-11-23(18)19(26)22-24/h5-6,8-9,13-14H,7,10-12H2,1-4H3. The van der Waals surface area contributed by atoms with Crippen LogP contribution in [-0.2, 0) is 11.3 Å². The van der Waals surface area contributed by atoms with Gasteiger partial charge >= 0.3 is 5.69 Å². The molecule has 0 radical (unpaired) electrons. The van der Waals surface area contributed by atoms with E-state index in [0.29, 0.717) is 5.95 Å². The van der Waals surface area contributed by atoms with Crippen LogP contribution in [0, 0.1) is 0 Å². The highest BCUT2D eigenvalue weighted by atomic mass is 16.2. The van der Waals surface area contributed by atoms with Crippen LogP contribution in [0.3, 0.4) is 0 Å². The van der Waals surface area contributed by atoms with Crippen LogP contribution < -0.4 is 10.6 Å². The molecule has 1 aromatic heterocycles. The van der Waals surface area contributed by atoms with Crippen molar-refractivity contribution >= 4 is 17.7 Å². The second kappa shape index (κ2) is 6.92. The van der Waals surface area contributed by atoms with E-state index in [9.17, 15) is 9.59 Å². The first-order valence-corrected chi connectivity index (χ1v) is 9.83. The highest BCUT2D eigenvalue weighted by Crippen LogP contribution is 2.29. The van der Waals surface area contributed by atoms with Gasteiger partial charge in [-0.15, -0.1) is 5.10 Å². The maximum absolute atomic E-state index is 13.2. The van der Waals surface area contributed by atoms with E-state index in [4.69, 9.17) is 0 Å². The fraction of sp³-hybridized carbons (Fsp3) is 0.500. The van der Waals surface area contributed by atoms with Gasteiger partial charge in [-0.25, -0.2) is 14.0 Å². The molecule has 0 fully saturated rings. The Balaban J connectivity index is 1.79. The number of amidine groups is 1. The van der Waals surface area contributed by atoms with Crippen molar-refractivity contribution in [2.75, 3.05) is 18.0 Å². The molecule has 0 spiro atoms. The molecule has 8 heteroatoms. The summed E-state index contributed by atoms with van der Waals surface area (Å²) in [5.74, 6) is 1.28. The summed E-state index contributed by atoms with van der Waals surface area (Å²) in [4.78, 5) is 34.5. The summed E-state index contributed by atoms with van der Waals surface area (Å²) in [6, 6.07) is 7.83. The van der Waals surface area contributed by atoms with Gasteiger partial charge in [0.25, 0.3) is 0 Å². The van der Waals surface area contributed by atoms with E-state index < -0.39 is 0 Å². The molecule has 0 N–H and O–H groups in total. The first-order chi connectivity index (χ1) is 13.4. The molecule has 0 bridgehead atoms. The molecule has 2 aliphatic heterocycles. The SMILES string of the molecule is CC(C)N(C(=O)Cn1nc2n(c1=O)-c1ccccc1C1=NCCCN12)C(C)C. The number of hydrogen-bond donors (Lipinski definition) is 0. The first-order valence-electron chi connectivity index (χ1n) is 9.83. The second-order valence-corrected chi connectivity index (χ2v) is 7.79. The van der Waals surface area contributed by atoms with Gasteiger partial charge in [0.1, 0.15) is 12.4 Å². The van der Waals surface area contributed by atoms with Crippen LogP contribution in [0.25, 0.3) is 5.69 Å². The van der Waals surface area contributed by atoms with Crippen molar-refractivity contribution in [1.29, 1.82) is 0 Å². The lowest BCUT2D eigenvalue weighted by Crippen LogP contribution is -2.45. The highest BCUT2D eigenvalue weighted by Gasteiger charge is 2.34. The van der Waals surface area contributed by atoms with E-state index in [1.165, 1.54) is 4.68 Å². The number of nitrogens with zero attached hydrogens (tertiary/aromatic N) is 6. The molecule has 0 atom stereocenters. The summed E-state index contributed by atoms with van der Waals surface area (Å²) in [6.45, 7) is 9.36. The van der Waals surface area contributed by atoms with Crippen molar-refractivity contribution in [1.82, 2.24) is 19.2 Å². The third-order valence-electron chi connectivity index (χ3n) is 5.19. The number of anilines is 1. The molecule has 1 aromatic carbocycles. The van der Waals surface area contributed by atoms with Crippen LogP contribution in [0.2, 0.25) is 0 Å². The van der Waals surface area contributed by atoms with E-state index in [-0.39, 0.29) is 30.2 Å². The Labute approximate surface area is 164 Å². The maximum atomic E-state index is 13.2. The molecule has 4 rings (SSSR count). The van der Waals surface area contributed by atoms with Gasteiger partial charge in [0.05, 0.1) is 5.69 Å². The van der Waals surface area contributed by atoms with Crippen LogP contribution in [-0.4, -0.2) is 56.2 Å². The fourth-order valence-corrected chi connectivity index (χ4v) is 4.15. The van der Waals surface area contributed by atoms with Gasteiger partial charge < -0.3 is 4.90 Å². The van der Waals surface area contributed by atoms with Gasteiger partial charge in [0.15, 0.2) is 0 Å². The van der Waals surface area contributed by atoms with Crippen molar-refractivity contribution in [2.45, 2.75) is 52.7 Å². The zero-order valence-electron chi connectivity index (χ0n) is 16.8. The molecular weight excluding hydrogens is 356 g/mol. The average Bonchev–Trinajstić information content (AvgIpc) is 2.98. The van der Waals surface area contributed by atoms with Crippen LogP contribution >= 0.6 is 0 Å². The van der Waals surface area contributed by atoms with Gasteiger partial charge in [-0.05, 0) is 46.2 Å². The predicted octanol–water partition coefficient (Wildman–Crippen LogP) is 1.65. The summed E-state index contributed by atoms with van der Waals surface area (Å²) in [5.41, 5.74) is 1.39. The zero-order chi connectivity index (χ0) is 20.0. The second-order valence-electron chi connectivity index (χ2n) is 7.79. The summed E-state index contributed by atoms with van der Waals surface area (Å²) in [6.07, 6.45) is 0.903. The number of carbonyl (C=O) groups is 1. The minimum Gasteiger partial charge on any atom is -0.336 e. The monoisotopic (exact) mass is 382 g/mol. The molecule has 0 saturated heterocycles. The maximum Gasteiger partial charge on any atom is 0.352 e. The number of benzene rings is 1. The third kappa shape index (κ3) is 2.83. The van der Waals surface area contributed by atoms with Gasteiger partial charge in [-0.3, -0.25) is 14.7 Å². The Morgan fingerprint density at radius 3 is 2.61 bits per heavy atom. The lowest BCUT2D eigenvalue weighted by Gasteiger charge is -2.33. The molecule has 8 nitrogen and oxygen atoms in total. The Morgan fingerprint density at radius 1 is 1.18 bits per heavy atom. The van der Waals surface area contributed by atoms with Crippen LogP contribution in [0.1, 0.15) is 39.7 Å². The number of carbonyl (C=O) groups excluding carboxylic acids is 1. The fourth-order valence-electron chi connectivity index (χ4n) is 4.15. The average molecular weight is 382 g/mol. The molecule has 2 aliphatic rings. The third-order valence-corrected chi connectivity index (χ3v) is 5.19. The first kappa shape index (κ1) is 18.5. The summed E-state index contributed by atoms with van der Waals surface area (Å²) < 4.78 is 2.88. The molecule has 0 saturated carbocycles. The molecule has 0 aliphatic carbocycles. The Morgan fingerprint density at radius 2 is 1.89 bits per heavy atom. The largest absolute Gasteiger partial charge is 0.352 e. The number of aromatic nitrogens is 3. The molecule has 148 valence electrons. The van der Waals surface area contributed by atoms with Crippen molar-refractivity contribution in [3.63, 3.8) is 0 Å². The number of rotatable bonds is 4. The number of para-hydroxylation sites is 1. The zero-order valence-corrected chi connectivity index (χ0v) is 16.8. The van der Waals surface area contributed by atoms with Crippen molar-refractivity contribution in [3.8, 4) is 5.69 Å². The topological polar surface area (TPSA) is 75.7 Å². The molecular formula is C20H26N6O2. The van der Waals surface area contributed by atoms with Crippen LogP contribution in [0.5, 0.6) is 0 Å². The number of hydrogen-bond acceptors (Lipinski definition) is 5. The summed E-state index contributed by atoms with van der Waals surface area (Å²) in [7, 11) is 0. The number of fused-ring (bicyclic) bond motifs is 6. The van der Waals surface area contributed by atoms with Gasteiger partial charge in [0.2, 0.25) is 11.9 Å². The number of amides is 1. The van der Waals surface area contributed by atoms with Gasteiger partial charge in [-0.2, -0.15) is 0 Å². The van der Waals surface area contributed by atoms with E-state index in [2.05, 4.69) is 10.1 Å². The smallest absolute Gasteiger partial charge is 0.336 e. The van der Waals surface area contributed by atoms with Crippen molar-refractivity contribution in [3.05, 3.63) is 40.3 Å². The Kier molecular flexibility index (Phi) is 4.56. The minimum atomic E-state index is -0.298. The van der Waals surface area contributed by atoms with E-state index in [1.807, 2.05) is 56.9 Å². The molecule has 1 amide bonds. The molecule has 28 heavy (non-hydrogen) atoms. The van der Waals surface area contributed by atoms with E-state index in [0.717, 1.165) is 36.6 Å².